The number of anilines is 1. The van der Waals surface area contributed by atoms with E-state index in [0.29, 0.717) is 17.5 Å². The summed E-state index contributed by atoms with van der Waals surface area (Å²) in [6.07, 6.45) is 2.30. The molecular formula is C16H13NO2S. The summed E-state index contributed by atoms with van der Waals surface area (Å²) in [7, 11) is 0. The van der Waals surface area contributed by atoms with Gasteiger partial charge in [-0.15, -0.1) is 11.8 Å². The van der Waals surface area contributed by atoms with Crippen molar-refractivity contribution >= 4 is 29.1 Å². The Labute approximate surface area is 121 Å². The van der Waals surface area contributed by atoms with Crippen LogP contribution in [-0.4, -0.2) is 17.9 Å². The predicted molar refractivity (Wildman–Crippen MR) is 80.4 cm³/mol. The van der Waals surface area contributed by atoms with E-state index < -0.39 is 0 Å². The van der Waals surface area contributed by atoms with Gasteiger partial charge in [-0.25, -0.2) is 0 Å². The van der Waals surface area contributed by atoms with Crippen LogP contribution in [0.15, 0.2) is 47.4 Å². The number of hydrogen-bond donors (Lipinski definition) is 1. The van der Waals surface area contributed by atoms with Crippen molar-refractivity contribution < 1.29 is 9.59 Å². The Morgan fingerprint density at radius 2 is 2.00 bits per heavy atom. The third-order valence-corrected chi connectivity index (χ3v) is 4.14. The van der Waals surface area contributed by atoms with E-state index in [9.17, 15) is 9.59 Å². The molecule has 1 aliphatic heterocycles. The maximum Gasteiger partial charge on any atom is 0.228 e. The summed E-state index contributed by atoms with van der Waals surface area (Å²) in [4.78, 5) is 24.9. The van der Waals surface area contributed by atoms with Gasteiger partial charge in [0.05, 0.1) is 6.42 Å². The van der Waals surface area contributed by atoms with Crippen molar-refractivity contribution in [3.8, 4) is 0 Å². The number of carbonyl (C=O) groups is 2. The largest absolute Gasteiger partial charge is 0.326 e. The number of benzene rings is 2. The summed E-state index contributed by atoms with van der Waals surface area (Å²) in [5.41, 5.74) is 3.03. The van der Waals surface area contributed by atoms with Crippen molar-refractivity contribution in [2.24, 2.45) is 0 Å². The van der Waals surface area contributed by atoms with Crippen LogP contribution < -0.4 is 5.32 Å². The van der Waals surface area contributed by atoms with E-state index in [2.05, 4.69) is 5.32 Å². The topological polar surface area (TPSA) is 46.2 Å². The van der Waals surface area contributed by atoms with Gasteiger partial charge in [0.1, 0.15) is 0 Å². The van der Waals surface area contributed by atoms with Gasteiger partial charge < -0.3 is 5.32 Å². The lowest BCUT2D eigenvalue weighted by molar-refractivity contribution is -0.115. The van der Waals surface area contributed by atoms with Crippen LogP contribution in [-0.2, 0) is 11.2 Å². The molecule has 0 aliphatic carbocycles. The highest BCUT2D eigenvalue weighted by Gasteiger charge is 2.20. The van der Waals surface area contributed by atoms with Gasteiger partial charge in [0.15, 0.2) is 5.78 Å². The van der Waals surface area contributed by atoms with Crippen molar-refractivity contribution in [2.45, 2.75) is 11.3 Å². The van der Waals surface area contributed by atoms with Crippen molar-refractivity contribution in [3.63, 3.8) is 0 Å². The third-order valence-electron chi connectivity index (χ3n) is 3.34. The van der Waals surface area contributed by atoms with Crippen LogP contribution in [0.2, 0.25) is 0 Å². The van der Waals surface area contributed by atoms with E-state index in [1.54, 1.807) is 23.9 Å². The molecule has 1 aliphatic rings. The molecule has 0 aromatic heterocycles. The summed E-state index contributed by atoms with van der Waals surface area (Å²) < 4.78 is 0. The van der Waals surface area contributed by atoms with Crippen molar-refractivity contribution in [1.82, 2.24) is 0 Å². The number of fused-ring (bicyclic) bond motifs is 1. The molecule has 0 spiro atoms. The average Bonchev–Trinajstić information content (AvgIpc) is 2.85. The fourth-order valence-corrected chi connectivity index (χ4v) is 2.95. The zero-order chi connectivity index (χ0) is 14.1. The van der Waals surface area contributed by atoms with E-state index in [4.69, 9.17) is 0 Å². The van der Waals surface area contributed by atoms with Crippen molar-refractivity contribution in [1.29, 1.82) is 0 Å². The van der Waals surface area contributed by atoms with Crippen LogP contribution in [0.5, 0.6) is 0 Å². The Kier molecular flexibility index (Phi) is 3.32. The number of rotatable bonds is 3. The smallest absolute Gasteiger partial charge is 0.228 e. The van der Waals surface area contributed by atoms with E-state index in [-0.39, 0.29) is 11.7 Å². The molecule has 0 saturated heterocycles. The molecule has 3 nitrogen and oxygen atoms in total. The molecule has 1 heterocycles. The zero-order valence-corrected chi connectivity index (χ0v) is 11.8. The van der Waals surface area contributed by atoms with E-state index in [1.807, 2.05) is 36.6 Å². The van der Waals surface area contributed by atoms with Crippen LogP contribution in [0.1, 0.15) is 21.5 Å². The molecule has 0 bridgehead atoms. The molecule has 20 heavy (non-hydrogen) atoms. The zero-order valence-electron chi connectivity index (χ0n) is 11.0. The molecule has 1 amide bonds. The number of thioether (sulfide) groups is 1. The highest BCUT2D eigenvalue weighted by molar-refractivity contribution is 7.98. The van der Waals surface area contributed by atoms with Gasteiger partial charge in [-0.3, -0.25) is 9.59 Å². The maximum absolute atomic E-state index is 12.6. The second-order valence-corrected chi connectivity index (χ2v) is 5.47. The highest BCUT2D eigenvalue weighted by atomic mass is 32.2. The monoisotopic (exact) mass is 283 g/mol. The lowest BCUT2D eigenvalue weighted by atomic mass is 10.0. The lowest BCUT2D eigenvalue weighted by Crippen LogP contribution is -2.03. The van der Waals surface area contributed by atoms with E-state index in [0.717, 1.165) is 16.1 Å². The highest BCUT2D eigenvalue weighted by Crippen LogP contribution is 2.27. The molecule has 0 saturated carbocycles. The second-order valence-electron chi connectivity index (χ2n) is 4.63. The van der Waals surface area contributed by atoms with Gasteiger partial charge in [-0.05, 0) is 42.2 Å². The van der Waals surface area contributed by atoms with Crippen molar-refractivity contribution in [3.05, 3.63) is 59.2 Å². The summed E-state index contributed by atoms with van der Waals surface area (Å²) in [5, 5.41) is 2.77. The molecule has 4 heteroatoms. The quantitative estimate of drug-likeness (QED) is 0.695. The van der Waals surface area contributed by atoms with Crippen LogP contribution in [0, 0.1) is 0 Å². The first kappa shape index (κ1) is 12.9. The van der Waals surface area contributed by atoms with Gasteiger partial charge in [0.25, 0.3) is 0 Å². The fourth-order valence-electron chi connectivity index (χ4n) is 2.36. The first-order valence-electron chi connectivity index (χ1n) is 6.29. The van der Waals surface area contributed by atoms with Crippen LogP contribution in [0.3, 0.4) is 0 Å². The minimum absolute atomic E-state index is 0.00269. The molecular weight excluding hydrogens is 270 g/mol. The predicted octanol–water partition coefficient (Wildman–Crippen LogP) is 3.13. The number of ketones is 1. The Bertz CT molecular complexity index is 709. The Morgan fingerprint density at radius 1 is 1.20 bits per heavy atom. The lowest BCUT2D eigenvalue weighted by Gasteiger charge is -2.07. The SMILES string of the molecule is CSc1ccccc1C(=O)c1ccc2c(c1)CC(=O)N2. The minimum Gasteiger partial charge on any atom is -0.326 e. The average molecular weight is 283 g/mol. The number of carbonyl (C=O) groups excluding carboxylic acids is 2. The maximum atomic E-state index is 12.6. The first-order valence-corrected chi connectivity index (χ1v) is 7.52. The van der Waals surface area contributed by atoms with Gasteiger partial charge in [0, 0.05) is 21.7 Å². The second kappa shape index (κ2) is 5.13. The third kappa shape index (κ3) is 2.23. The Morgan fingerprint density at radius 3 is 2.80 bits per heavy atom. The molecule has 0 fully saturated rings. The van der Waals surface area contributed by atoms with Crippen LogP contribution >= 0.6 is 11.8 Å². The van der Waals surface area contributed by atoms with Gasteiger partial charge >= 0.3 is 0 Å². The minimum atomic E-state index is -0.0193. The summed E-state index contributed by atoms with van der Waals surface area (Å²) in [6.45, 7) is 0. The van der Waals surface area contributed by atoms with Gasteiger partial charge in [-0.2, -0.15) is 0 Å². The Hall–Kier alpha value is -2.07. The van der Waals surface area contributed by atoms with Crippen LogP contribution in [0.4, 0.5) is 5.69 Å². The molecule has 2 aromatic carbocycles. The Balaban J connectivity index is 1.99. The van der Waals surface area contributed by atoms with Crippen molar-refractivity contribution in [2.75, 3.05) is 11.6 Å². The van der Waals surface area contributed by atoms with Gasteiger partial charge in [0.2, 0.25) is 5.91 Å². The summed E-state index contributed by atoms with van der Waals surface area (Å²) >= 11 is 1.56. The molecule has 0 unspecified atom stereocenters. The molecule has 0 radical (unpaired) electrons. The first-order chi connectivity index (χ1) is 9.69. The fraction of sp³-hybridized carbons (Fsp3) is 0.125. The molecule has 2 aromatic rings. The van der Waals surface area contributed by atoms with Gasteiger partial charge in [-0.1, -0.05) is 12.1 Å². The number of hydrogen-bond acceptors (Lipinski definition) is 3. The molecule has 100 valence electrons. The summed E-state index contributed by atoms with van der Waals surface area (Å²) in [6, 6.07) is 13.0. The van der Waals surface area contributed by atoms with Crippen LogP contribution in [0.25, 0.3) is 0 Å². The standard InChI is InChI=1S/C16H13NO2S/c1-20-14-5-3-2-4-12(14)16(19)10-6-7-13-11(8-10)9-15(18)17-13/h2-8H,9H2,1H3,(H,17,18). The normalized spacial score (nSPS) is 12.9. The molecule has 1 N–H and O–H groups in total. The van der Waals surface area contributed by atoms with E-state index in [1.165, 1.54) is 0 Å². The van der Waals surface area contributed by atoms with E-state index >= 15 is 0 Å². The number of nitrogens with one attached hydrogen (secondary N) is 1. The number of amides is 1. The molecule has 3 rings (SSSR count). The summed E-state index contributed by atoms with van der Waals surface area (Å²) in [5.74, 6) is -0.0220. The molecule has 0 atom stereocenters.